The topological polar surface area (TPSA) is 0 Å². The van der Waals surface area contributed by atoms with Gasteiger partial charge in [-0.2, -0.15) is 0 Å². The van der Waals surface area contributed by atoms with Crippen molar-refractivity contribution >= 4 is 0 Å². The first-order valence-corrected chi connectivity index (χ1v) is 7.11. The zero-order valence-electron chi connectivity index (χ0n) is 11.4. The lowest BCUT2D eigenvalue weighted by molar-refractivity contribution is 0.0631. The van der Waals surface area contributed by atoms with Crippen LogP contribution >= 0.6 is 0 Å². The van der Waals surface area contributed by atoms with E-state index in [1.54, 1.807) is 0 Å². The molecule has 1 fully saturated rings. The van der Waals surface area contributed by atoms with Gasteiger partial charge in [-0.1, -0.05) is 66.7 Å². The van der Waals surface area contributed by atoms with E-state index < -0.39 is 0 Å². The van der Waals surface area contributed by atoms with Crippen LogP contribution < -0.4 is 0 Å². The average Bonchev–Trinajstić information content (AvgIpc) is 2.22. The predicted octanol–water partition coefficient (Wildman–Crippen LogP) is 5.13. The van der Waals surface area contributed by atoms with Gasteiger partial charge in [0.15, 0.2) is 0 Å². The van der Waals surface area contributed by atoms with Crippen molar-refractivity contribution < 1.29 is 0 Å². The summed E-state index contributed by atoms with van der Waals surface area (Å²) in [7, 11) is 0. The molecule has 0 heterocycles. The van der Waals surface area contributed by atoms with E-state index in [0.717, 1.165) is 29.6 Å². The highest BCUT2D eigenvalue weighted by atomic mass is 14.4. The molecule has 0 amide bonds. The quantitative estimate of drug-likeness (QED) is 0.603. The summed E-state index contributed by atoms with van der Waals surface area (Å²) in [5.41, 5.74) is 0. The van der Waals surface area contributed by atoms with Gasteiger partial charge in [-0.25, -0.2) is 0 Å². The molecule has 5 unspecified atom stereocenters. The van der Waals surface area contributed by atoms with Crippen LogP contribution in [-0.4, -0.2) is 0 Å². The van der Waals surface area contributed by atoms with E-state index >= 15 is 0 Å². The SMILES string of the molecule is CCCC(CC)C1C(C)CCC(C)C1C. The summed E-state index contributed by atoms with van der Waals surface area (Å²) in [5, 5.41) is 0. The fourth-order valence-electron chi connectivity index (χ4n) is 3.81. The molecule has 0 bridgehead atoms. The molecule has 0 aromatic heterocycles. The second kappa shape index (κ2) is 5.92. The lowest BCUT2D eigenvalue weighted by Crippen LogP contribution is -2.35. The molecule has 0 nitrogen and oxygen atoms in total. The maximum absolute atomic E-state index is 2.50. The van der Waals surface area contributed by atoms with Gasteiger partial charge in [0.1, 0.15) is 0 Å². The van der Waals surface area contributed by atoms with Crippen LogP contribution in [0.4, 0.5) is 0 Å². The Bertz CT molecular complexity index is 173. The first kappa shape index (κ1) is 13.1. The Kier molecular flexibility index (Phi) is 5.15. The normalized spacial score (nSPS) is 39.0. The fraction of sp³-hybridized carbons (Fsp3) is 1.00. The molecule has 0 radical (unpaired) electrons. The van der Waals surface area contributed by atoms with Crippen LogP contribution in [0.2, 0.25) is 0 Å². The first-order chi connectivity index (χ1) is 7.11. The van der Waals surface area contributed by atoms with E-state index in [2.05, 4.69) is 34.6 Å². The lowest BCUT2D eigenvalue weighted by atomic mass is 9.62. The molecule has 0 aromatic rings. The van der Waals surface area contributed by atoms with Crippen molar-refractivity contribution in [1.82, 2.24) is 0 Å². The number of hydrogen-bond acceptors (Lipinski definition) is 0. The Morgan fingerprint density at radius 3 is 2.13 bits per heavy atom. The van der Waals surface area contributed by atoms with E-state index in [4.69, 9.17) is 0 Å². The average molecular weight is 210 g/mol. The van der Waals surface area contributed by atoms with Gasteiger partial charge in [0.25, 0.3) is 0 Å². The standard InChI is InChI=1S/C15H30/c1-6-8-14(7-2)15-12(4)10-9-11(3)13(15)5/h11-15H,6-10H2,1-5H3. The van der Waals surface area contributed by atoms with Crippen molar-refractivity contribution in [2.24, 2.45) is 29.6 Å². The van der Waals surface area contributed by atoms with Crippen LogP contribution in [0.25, 0.3) is 0 Å². The Balaban J connectivity index is 2.68. The molecule has 0 heteroatoms. The summed E-state index contributed by atoms with van der Waals surface area (Å²) < 4.78 is 0. The van der Waals surface area contributed by atoms with Crippen molar-refractivity contribution in [3.05, 3.63) is 0 Å². The largest absolute Gasteiger partial charge is 0.0654 e. The third-order valence-corrected chi connectivity index (χ3v) is 4.97. The fourth-order valence-corrected chi connectivity index (χ4v) is 3.81. The van der Waals surface area contributed by atoms with Gasteiger partial charge in [0.2, 0.25) is 0 Å². The molecule has 90 valence electrons. The Morgan fingerprint density at radius 2 is 1.60 bits per heavy atom. The minimum atomic E-state index is 0.949. The number of rotatable bonds is 4. The first-order valence-electron chi connectivity index (χ1n) is 7.11. The van der Waals surface area contributed by atoms with Crippen molar-refractivity contribution in [3.8, 4) is 0 Å². The van der Waals surface area contributed by atoms with Crippen molar-refractivity contribution in [3.63, 3.8) is 0 Å². The second-order valence-electron chi connectivity index (χ2n) is 5.93. The maximum Gasteiger partial charge on any atom is -0.0332 e. The van der Waals surface area contributed by atoms with Crippen LogP contribution in [-0.2, 0) is 0 Å². The maximum atomic E-state index is 2.50. The van der Waals surface area contributed by atoms with E-state index in [1.807, 2.05) is 0 Å². The summed E-state index contributed by atoms with van der Waals surface area (Å²) in [6.07, 6.45) is 7.13. The Labute approximate surface area is 96.8 Å². The van der Waals surface area contributed by atoms with E-state index in [9.17, 15) is 0 Å². The molecule has 1 aliphatic rings. The third kappa shape index (κ3) is 2.98. The van der Waals surface area contributed by atoms with Crippen molar-refractivity contribution in [1.29, 1.82) is 0 Å². The lowest BCUT2D eigenvalue weighted by Gasteiger charge is -2.43. The monoisotopic (exact) mass is 210 g/mol. The van der Waals surface area contributed by atoms with E-state index in [1.165, 1.54) is 32.1 Å². The van der Waals surface area contributed by atoms with Crippen LogP contribution in [0.15, 0.2) is 0 Å². The molecule has 15 heavy (non-hydrogen) atoms. The second-order valence-corrected chi connectivity index (χ2v) is 5.93. The highest BCUT2D eigenvalue weighted by molar-refractivity contribution is 4.85. The summed E-state index contributed by atoms with van der Waals surface area (Å²) >= 11 is 0. The Hall–Kier alpha value is 0. The van der Waals surface area contributed by atoms with Gasteiger partial charge in [0.05, 0.1) is 0 Å². The molecule has 0 saturated heterocycles. The van der Waals surface area contributed by atoms with Gasteiger partial charge in [-0.05, 0) is 29.6 Å². The van der Waals surface area contributed by atoms with Crippen LogP contribution in [0.3, 0.4) is 0 Å². The molecule has 0 spiro atoms. The molecule has 1 saturated carbocycles. The highest BCUT2D eigenvalue weighted by Gasteiger charge is 2.36. The molecule has 0 N–H and O–H groups in total. The molecule has 5 atom stereocenters. The Morgan fingerprint density at radius 1 is 1.00 bits per heavy atom. The highest BCUT2D eigenvalue weighted by Crippen LogP contribution is 2.44. The summed E-state index contributed by atoms with van der Waals surface area (Å²) in [5.74, 6) is 4.86. The summed E-state index contributed by atoms with van der Waals surface area (Å²) in [6.45, 7) is 12.2. The number of hydrogen-bond donors (Lipinski definition) is 0. The minimum absolute atomic E-state index is 0.949. The smallest absolute Gasteiger partial charge is 0.0332 e. The summed E-state index contributed by atoms with van der Waals surface area (Å²) in [6, 6.07) is 0. The molecule has 0 aromatic carbocycles. The summed E-state index contributed by atoms with van der Waals surface area (Å²) in [4.78, 5) is 0. The van der Waals surface area contributed by atoms with Crippen molar-refractivity contribution in [2.75, 3.05) is 0 Å². The van der Waals surface area contributed by atoms with Crippen molar-refractivity contribution in [2.45, 2.75) is 66.7 Å². The predicted molar refractivity (Wildman–Crippen MR) is 68.9 cm³/mol. The minimum Gasteiger partial charge on any atom is -0.0654 e. The molecular formula is C15H30. The molecule has 1 aliphatic carbocycles. The molecular weight excluding hydrogens is 180 g/mol. The van der Waals surface area contributed by atoms with Gasteiger partial charge < -0.3 is 0 Å². The zero-order chi connectivity index (χ0) is 11.4. The van der Waals surface area contributed by atoms with E-state index in [-0.39, 0.29) is 0 Å². The molecule has 1 rings (SSSR count). The van der Waals surface area contributed by atoms with Crippen LogP contribution in [0.1, 0.15) is 66.7 Å². The van der Waals surface area contributed by atoms with Gasteiger partial charge in [-0.3, -0.25) is 0 Å². The van der Waals surface area contributed by atoms with Crippen LogP contribution in [0.5, 0.6) is 0 Å². The van der Waals surface area contributed by atoms with Gasteiger partial charge in [-0.15, -0.1) is 0 Å². The van der Waals surface area contributed by atoms with Gasteiger partial charge in [0, 0.05) is 0 Å². The third-order valence-electron chi connectivity index (χ3n) is 4.97. The van der Waals surface area contributed by atoms with Gasteiger partial charge >= 0.3 is 0 Å². The zero-order valence-corrected chi connectivity index (χ0v) is 11.4. The van der Waals surface area contributed by atoms with Crippen LogP contribution in [0, 0.1) is 29.6 Å². The van der Waals surface area contributed by atoms with E-state index in [0.29, 0.717) is 0 Å². The molecule has 0 aliphatic heterocycles.